The number of aliphatic imine (C=N–C) groups is 1. The Kier molecular flexibility index (Phi) is 3.72. The fraction of sp³-hybridized carbons (Fsp3) is 0.231. The second-order valence-corrected chi connectivity index (χ2v) is 4.73. The monoisotopic (exact) mass is 262 g/mol. The average Bonchev–Trinajstić information content (AvgIpc) is 2.67. The van der Waals surface area contributed by atoms with Gasteiger partial charge in [0.2, 0.25) is 0 Å². The first-order chi connectivity index (χ1) is 8.67. The first kappa shape index (κ1) is 12.7. The molecule has 0 aliphatic carbocycles. The van der Waals surface area contributed by atoms with Crippen LogP contribution in [0.4, 0.5) is 0 Å². The maximum absolute atomic E-state index is 12.0. The SMILES string of the molecule is CN=C1S/C(=C/c2ccccc2OC)C(=O)N1C. The molecule has 1 aromatic rings. The van der Waals surface area contributed by atoms with Crippen LogP contribution in [-0.4, -0.2) is 37.2 Å². The van der Waals surface area contributed by atoms with Gasteiger partial charge in [-0.1, -0.05) is 18.2 Å². The van der Waals surface area contributed by atoms with Crippen LogP contribution in [0.2, 0.25) is 0 Å². The fourth-order valence-corrected chi connectivity index (χ4v) is 2.59. The minimum atomic E-state index is -0.0356. The number of ether oxygens (including phenoxy) is 1. The van der Waals surface area contributed by atoms with Crippen molar-refractivity contribution in [3.8, 4) is 5.75 Å². The van der Waals surface area contributed by atoms with E-state index in [0.29, 0.717) is 10.1 Å². The first-order valence-electron chi connectivity index (χ1n) is 5.44. The molecular formula is C13H14N2O2S. The van der Waals surface area contributed by atoms with Crippen LogP contribution in [0.3, 0.4) is 0 Å². The Bertz CT molecular complexity index is 538. The quantitative estimate of drug-likeness (QED) is 0.767. The van der Waals surface area contributed by atoms with Crippen LogP contribution < -0.4 is 4.74 Å². The number of rotatable bonds is 2. The van der Waals surface area contributed by atoms with E-state index < -0.39 is 0 Å². The van der Waals surface area contributed by atoms with Gasteiger partial charge in [0, 0.05) is 19.7 Å². The lowest BCUT2D eigenvalue weighted by Gasteiger charge is -2.05. The van der Waals surface area contributed by atoms with E-state index >= 15 is 0 Å². The zero-order chi connectivity index (χ0) is 13.1. The van der Waals surface area contributed by atoms with Gasteiger partial charge >= 0.3 is 0 Å². The van der Waals surface area contributed by atoms with Crippen LogP contribution in [-0.2, 0) is 4.79 Å². The molecule has 1 amide bonds. The van der Waals surface area contributed by atoms with Gasteiger partial charge < -0.3 is 4.74 Å². The normalized spacial score (nSPS) is 19.9. The molecule has 18 heavy (non-hydrogen) atoms. The molecule has 0 N–H and O–H groups in total. The number of amidine groups is 1. The van der Waals surface area contributed by atoms with Gasteiger partial charge in [-0.2, -0.15) is 0 Å². The maximum Gasteiger partial charge on any atom is 0.266 e. The molecule has 1 aromatic carbocycles. The molecule has 4 nitrogen and oxygen atoms in total. The highest BCUT2D eigenvalue weighted by Crippen LogP contribution is 2.32. The third-order valence-corrected chi connectivity index (χ3v) is 3.77. The third-order valence-electron chi connectivity index (χ3n) is 2.62. The average molecular weight is 262 g/mol. The fourth-order valence-electron chi connectivity index (χ4n) is 1.68. The molecule has 0 bridgehead atoms. The minimum absolute atomic E-state index is 0.0356. The number of nitrogens with zero attached hydrogens (tertiary/aromatic N) is 2. The molecule has 0 atom stereocenters. The minimum Gasteiger partial charge on any atom is -0.496 e. The first-order valence-corrected chi connectivity index (χ1v) is 6.26. The topological polar surface area (TPSA) is 41.9 Å². The molecule has 1 saturated heterocycles. The van der Waals surface area contributed by atoms with Gasteiger partial charge in [-0.15, -0.1) is 0 Å². The summed E-state index contributed by atoms with van der Waals surface area (Å²) in [6.07, 6.45) is 1.83. The standard InChI is InChI=1S/C13H14N2O2S/c1-14-13-15(2)12(16)11(18-13)8-9-6-4-5-7-10(9)17-3/h4-8H,1-3H3/b11-8+,14-13?. The summed E-state index contributed by atoms with van der Waals surface area (Å²) in [5, 5.41) is 0.709. The van der Waals surface area contributed by atoms with Gasteiger partial charge in [-0.25, -0.2) is 0 Å². The van der Waals surface area contributed by atoms with Crippen molar-refractivity contribution in [2.24, 2.45) is 4.99 Å². The maximum atomic E-state index is 12.0. The van der Waals surface area contributed by atoms with Crippen LogP contribution in [0.1, 0.15) is 5.56 Å². The number of amides is 1. The van der Waals surface area contributed by atoms with E-state index in [2.05, 4.69) is 4.99 Å². The molecule has 94 valence electrons. The predicted molar refractivity (Wildman–Crippen MR) is 74.7 cm³/mol. The number of carbonyl (C=O) groups excluding carboxylic acids is 1. The number of benzene rings is 1. The Morgan fingerprint density at radius 2 is 2.11 bits per heavy atom. The smallest absolute Gasteiger partial charge is 0.266 e. The summed E-state index contributed by atoms with van der Waals surface area (Å²) in [5.74, 6) is 0.717. The van der Waals surface area contributed by atoms with Crippen LogP contribution >= 0.6 is 11.8 Å². The van der Waals surface area contributed by atoms with Crippen LogP contribution in [0, 0.1) is 0 Å². The lowest BCUT2D eigenvalue weighted by atomic mass is 10.2. The van der Waals surface area contributed by atoms with E-state index in [-0.39, 0.29) is 5.91 Å². The van der Waals surface area contributed by atoms with Crippen molar-refractivity contribution in [1.82, 2.24) is 4.90 Å². The van der Waals surface area contributed by atoms with Crippen molar-refractivity contribution in [1.29, 1.82) is 0 Å². The van der Waals surface area contributed by atoms with E-state index in [4.69, 9.17) is 4.74 Å². The summed E-state index contributed by atoms with van der Waals surface area (Å²) in [6, 6.07) is 7.60. The molecule has 0 saturated carbocycles. The second kappa shape index (κ2) is 5.27. The Morgan fingerprint density at radius 3 is 2.72 bits per heavy atom. The van der Waals surface area contributed by atoms with E-state index in [9.17, 15) is 4.79 Å². The molecule has 1 heterocycles. The molecule has 0 radical (unpaired) electrons. The van der Waals surface area contributed by atoms with Crippen LogP contribution in [0.5, 0.6) is 5.75 Å². The number of hydrogen-bond acceptors (Lipinski definition) is 4. The summed E-state index contributed by atoms with van der Waals surface area (Å²) < 4.78 is 5.26. The molecule has 1 fully saturated rings. The Labute approximate surface area is 110 Å². The van der Waals surface area contributed by atoms with Gasteiger partial charge in [0.05, 0.1) is 12.0 Å². The zero-order valence-electron chi connectivity index (χ0n) is 10.5. The summed E-state index contributed by atoms with van der Waals surface area (Å²) in [7, 11) is 5.02. The Balaban J connectivity index is 2.38. The molecule has 1 aliphatic rings. The summed E-state index contributed by atoms with van der Waals surface area (Å²) in [4.78, 5) is 18.3. The van der Waals surface area contributed by atoms with Crippen molar-refractivity contribution in [2.45, 2.75) is 0 Å². The lowest BCUT2D eigenvalue weighted by Crippen LogP contribution is -2.23. The number of likely N-dealkylation sites (N-methyl/N-ethyl adjacent to an activating group) is 1. The van der Waals surface area contributed by atoms with Gasteiger partial charge in [0.15, 0.2) is 5.17 Å². The van der Waals surface area contributed by atoms with Crippen molar-refractivity contribution >= 4 is 28.9 Å². The van der Waals surface area contributed by atoms with Crippen molar-refractivity contribution in [3.63, 3.8) is 0 Å². The Hall–Kier alpha value is -1.75. The van der Waals surface area contributed by atoms with Crippen LogP contribution in [0.25, 0.3) is 6.08 Å². The third kappa shape index (κ3) is 2.26. The summed E-state index contributed by atoms with van der Waals surface area (Å²) in [5.41, 5.74) is 0.890. The van der Waals surface area contributed by atoms with E-state index in [1.165, 1.54) is 11.8 Å². The Morgan fingerprint density at radius 1 is 1.39 bits per heavy atom. The van der Waals surface area contributed by atoms with Crippen molar-refractivity contribution < 1.29 is 9.53 Å². The highest BCUT2D eigenvalue weighted by Gasteiger charge is 2.29. The van der Waals surface area contributed by atoms with E-state index in [0.717, 1.165) is 11.3 Å². The van der Waals surface area contributed by atoms with Gasteiger partial charge in [-0.05, 0) is 23.9 Å². The molecule has 0 unspecified atom stereocenters. The lowest BCUT2D eigenvalue weighted by molar-refractivity contribution is -0.121. The van der Waals surface area contributed by atoms with Gasteiger partial charge in [0.1, 0.15) is 5.75 Å². The number of hydrogen-bond donors (Lipinski definition) is 0. The number of carbonyl (C=O) groups is 1. The second-order valence-electron chi connectivity index (χ2n) is 3.72. The molecule has 0 spiro atoms. The van der Waals surface area contributed by atoms with Gasteiger partial charge in [0.25, 0.3) is 5.91 Å². The van der Waals surface area contributed by atoms with Crippen LogP contribution in [0.15, 0.2) is 34.2 Å². The largest absolute Gasteiger partial charge is 0.496 e. The van der Waals surface area contributed by atoms with E-state index in [1.807, 2.05) is 30.3 Å². The molecule has 2 rings (SSSR count). The highest BCUT2D eigenvalue weighted by molar-refractivity contribution is 8.18. The molecule has 5 heteroatoms. The zero-order valence-corrected chi connectivity index (χ0v) is 11.3. The predicted octanol–water partition coefficient (Wildman–Crippen LogP) is 2.23. The summed E-state index contributed by atoms with van der Waals surface area (Å²) in [6.45, 7) is 0. The molecular weight excluding hydrogens is 248 g/mol. The molecule has 1 aliphatic heterocycles. The molecule has 0 aromatic heterocycles. The highest BCUT2D eigenvalue weighted by atomic mass is 32.2. The van der Waals surface area contributed by atoms with E-state index in [1.54, 1.807) is 26.1 Å². The number of thioether (sulfide) groups is 1. The summed E-state index contributed by atoms with van der Waals surface area (Å²) >= 11 is 1.37. The van der Waals surface area contributed by atoms with Crippen molar-refractivity contribution in [2.75, 3.05) is 21.2 Å². The number of methoxy groups -OCH3 is 1. The van der Waals surface area contributed by atoms with Crippen molar-refractivity contribution in [3.05, 3.63) is 34.7 Å². The number of para-hydroxylation sites is 1. The van der Waals surface area contributed by atoms with Gasteiger partial charge in [-0.3, -0.25) is 14.7 Å².